The molecule has 0 radical (unpaired) electrons. The molecule has 0 aliphatic heterocycles. The summed E-state index contributed by atoms with van der Waals surface area (Å²) >= 11 is 6.02. The van der Waals surface area contributed by atoms with Crippen LogP contribution in [0.2, 0.25) is 5.02 Å². The van der Waals surface area contributed by atoms with Crippen LogP contribution < -0.4 is 0 Å². The Balaban J connectivity index is 1.96. The predicted molar refractivity (Wildman–Crippen MR) is 76.9 cm³/mol. The lowest BCUT2D eigenvalue weighted by atomic mass is 9.88. The van der Waals surface area contributed by atoms with Crippen LogP contribution in [0, 0.1) is 0 Å². The molecule has 110 valence electrons. The summed E-state index contributed by atoms with van der Waals surface area (Å²) in [6.07, 6.45) is 5.81. The van der Waals surface area contributed by atoms with Gasteiger partial charge in [0.15, 0.2) is 5.82 Å². The monoisotopic (exact) mass is 306 g/mol. The van der Waals surface area contributed by atoms with Gasteiger partial charge in [0.1, 0.15) is 0 Å². The molecule has 1 saturated carbocycles. The highest BCUT2D eigenvalue weighted by Gasteiger charge is 2.22. The van der Waals surface area contributed by atoms with Gasteiger partial charge in [-0.25, -0.2) is 4.79 Å². The fraction of sp³-hybridized carbons (Fsp3) is 0.429. The molecule has 3 rings (SSSR count). The van der Waals surface area contributed by atoms with Crippen molar-refractivity contribution in [3.05, 3.63) is 34.6 Å². The van der Waals surface area contributed by atoms with Gasteiger partial charge in [-0.1, -0.05) is 30.9 Å². The third-order valence-electron chi connectivity index (χ3n) is 3.89. The molecule has 1 aliphatic carbocycles. The van der Waals surface area contributed by atoms with Crippen molar-refractivity contribution in [2.24, 2.45) is 0 Å². The predicted octanol–water partition coefficient (Wildman–Crippen LogP) is 3.06. The van der Waals surface area contributed by atoms with Gasteiger partial charge in [0.2, 0.25) is 0 Å². The van der Waals surface area contributed by atoms with E-state index in [2.05, 4.69) is 15.5 Å². The minimum absolute atomic E-state index is 0.0766. The van der Waals surface area contributed by atoms with Gasteiger partial charge in [0.25, 0.3) is 0 Å². The van der Waals surface area contributed by atoms with E-state index < -0.39 is 5.97 Å². The van der Waals surface area contributed by atoms with Crippen molar-refractivity contribution in [1.29, 1.82) is 0 Å². The largest absolute Gasteiger partial charge is 0.478 e. The molecule has 0 unspecified atom stereocenters. The smallest absolute Gasteiger partial charge is 0.337 e. The topological polar surface area (TPSA) is 80.9 Å². The molecule has 1 aromatic heterocycles. The van der Waals surface area contributed by atoms with Crippen molar-refractivity contribution in [2.75, 3.05) is 0 Å². The molecule has 6 nitrogen and oxygen atoms in total. The Morgan fingerprint density at radius 3 is 2.71 bits per heavy atom. The van der Waals surface area contributed by atoms with Gasteiger partial charge in [0, 0.05) is 5.92 Å². The molecule has 0 saturated heterocycles. The van der Waals surface area contributed by atoms with E-state index in [1.54, 1.807) is 16.8 Å². The fourth-order valence-electron chi connectivity index (χ4n) is 2.80. The molecular formula is C14H15ClN4O2. The highest BCUT2D eigenvalue weighted by atomic mass is 35.5. The maximum Gasteiger partial charge on any atom is 0.337 e. The maximum absolute atomic E-state index is 11.0. The molecule has 0 spiro atoms. The summed E-state index contributed by atoms with van der Waals surface area (Å²) in [4.78, 5) is 11.0. The Morgan fingerprint density at radius 1 is 1.29 bits per heavy atom. The number of halogens is 1. The lowest BCUT2D eigenvalue weighted by molar-refractivity contribution is 0.0697. The van der Waals surface area contributed by atoms with Crippen LogP contribution in [-0.4, -0.2) is 31.3 Å². The molecule has 1 aliphatic rings. The van der Waals surface area contributed by atoms with E-state index in [4.69, 9.17) is 16.7 Å². The van der Waals surface area contributed by atoms with E-state index in [1.165, 1.54) is 25.3 Å². The van der Waals surface area contributed by atoms with Crippen molar-refractivity contribution in [1.82, 2.24) is 20.2 Å². The highest BCUT2D eigenvalue weighted by Crippen LogP contribution is 2.32. The lowest BCUT2D eigenvalue weighted by Gasteiger charge is -2.20. The Bertz CT molecular complexity index is 665. The van der Waals surface area contributed by atoms with Crippen molar-refractivity contribution in [3.63, 3.8) is 0 Å². The summed E-state index contributed by atoms with van der Waals surface area (Å²) in [5.41, 5.74) is 0.767. The summed E-state index contributed by atoms with van der Waals surface area (Å²) in [6, 6.07) is 4.75. The molecule has 7 heteroatoms. The Hall–Kier alpha value is -1.95. The fourth-order valence-corrected chi connectivity index (χ4v) is 3.06. The van der Waals surface area contributed by atoms with Crippen molar-refractivity contribution >= 4 is 17.6 Å². The number of carboxylic acid groups (broad SMARTS) is 1. The average Bonchev–Trinajstić information content (AvgIpc) is 2.97. The average molecular weight is 307 g/mol. The first-order chi connectivity index (χ1) is 10.2. The minimum atomic E-state index is -1.05. The van der Waals surface area contributed by atoms with E-state index >= 15 is 0 Å². The zero-order valence-electron chi connectivity index (χ0n) is 11.4. The number of carboxylic acids is 1. The number of hydrogen-bond donors (Lipinski definition) is 1. The SMILES string of the molecule is O=C(O)c1ccc(-n2nnnc2C2CCCCC2)cc1Cl. The van der Waals surface area contributed by atoms with Gasteiger partial charge in [-0.3, -0.25) is 0 Å². The number of aromatic nitrogens is 4. The zero-order chi connectivity index (χ0) is 14.8. The standard InChI is InChI=1S/C14H15ClN4O2/c15-12-8-10(6-7-11(12)14(20)21)19-13(16-17-18-19)9-4-2-1-3-5-9/h6-9H,1-5H2,(H,20,21). The second-order valence-corrected chi connectivity index (χ2v) is 5.66. The van der Waals surface area contributed by atoms with E-state index in [0.717, 1.165) is 18.7 Å². The molecule has 21 heavy (non-hydrogen) atoms. The summed E-state index contributed by atoms with van der Waals surface area (Å²) in [5.74, 6) is 0.135. The molecule has 0 amide bonds. The molecule has 0 bridgehead atoms. The van der Waals surface area contributed by atoms with Gasteiger partial charge >= 0.3 is 5.97 Å². The van der Waals surface area contributed by atoms with Crippen LogP contribution in [0.25, 0.3) is 5.69 Å². The summed E-state index contributed by atoms with van der Waals surface area (Å²) < 4.78 is 1.66. The van der Waals surface area contributed by atoms with Gasteiger partial charge in [0.05, 0.1) is 16.3 Å². The second kappa shape index (κ2) is 5.81. The molecule has 2 aromatic rings. The number of aromatic carboxylic acids is 1. The molecule has 1 aromatic carbocycles. The van der Waals surface area contributed by atoms with Crippen LogP contribution in [0.1, 0.15) is 54.2 Å². The van der Waals surface area contributed by atoms with Crippen LogP contribution in [0.5, 0.6) is 0 Å². The van der Waals surface area contributed by atoms with Gasteiger partial charge in [-0.15, -0.1) is 5.10 Å². The Labute approximate surface area is 126 Å². The van der Waals surface area contributed by atoms with Gasteiger partial charge in [-0.05, 0) is 41.5 Å². The Kier molecular flexibility index (Phi) is 3.88. The summed E-state index contributed by atoms with van der Waals surface area (Å²) in [6.45, 7) is 0. The Morgan fingerprint density at radius 2 is 2.05 bits per heavy atom. The van der Waals surface area contributed by atoms with Crippen molar-refractivity contribution in [3.8, 4) is 5.69 Å². The molecule has 1 heterocycles. The van der Waals surface area contributed by atoms with Crippen LogP contribution in [0.3, 0.4) is 0 Å². The van der Waals surface area contributed by atoms with Crippen LogP contribution >= 0.6 is 11.6 Å². The quantitative estimate of drug-likeness (QED) is 0.942. The van der Waals surface area contributed by atoms with E-state index in [0.29, 0.717) is 11.6 Å². The lowest BCUT2D eigenvalue weighted by Crippen LogP contribution is -2.12. The number of hydrogen-bond acceptors (Lipinski definition) is 4. The first-order valence-electron chi connectivity index (χ1n) is 6.98. The van der Waals surface area contributed by atoms with E-state index in [1.807, 2.05) is 0 Å². The number of nitrogens with zero attached hydrogens (tertiary/aromatic N) is 4. The number of tetrazole rings is 1. The van der Waals surface area contributed by atoms with Crippen LogP contribution in [0.15, 0.2) is 18.2 Å². The second-order valence-electron chi connectivity index (χ2n) is 5.25. The van der Waals surface area contributed by atoms with E-state index in [9.17, 15) is 4.79 Å². The number of benzene rings is 1. The highest BCUT2D eigenvalue weighted by molar-refractivity contribution is 6.33. The molecule has 1 N–H and O–H groups in total. The summed E-state index contributed by atoms with van der Waals surface area (Å²) in [5, 5.41) is 21.1. The normalized spacial score (nSPS) is 16.0. The zero-order valence-corrected chi connectivity index (χ0v) is 12.1. The van der Waals surface area contributed by atoms with E-state index in [-0.39, 0.29) is 10.6 Å². The minimum Gasteiger partial charge on any atom is -0.478 e. The van der Waals surface area contributed by atoms with Crippen LogP contribution in [-0.2, 0) is 0 Å². The van der Waals surface area contributed by atoms with Crippen LogP contribution in [0.4, 0.5) is 0 Å². The molecular weight excluding hydrogens is 292 g/mol. The first kappa shape index (κ1) is 14.0. The van der Waals surface area contributed by atoms with Crippen molar-refractivity contribution in [2.45, 2.75) is 38.0 Å². The first-order valence-corrected chi connectivity index (χ1v) is 7.36. The number of rotatable bonds is 3. The summed E-state index contributed by atoms with van der Waals surface area (Å²) in [7, 11) is 0. The third kappa shape index (κ3) is 2.76. The number of carbonyl (C=O) groups is 1. The molecule has 0 atom stereocenters. The van der Waals surface area contributed by atoms with Crippen molar-refractivity contribution < 1.29 is 9.90 Å². The van der Waals surface area contributed by atoms with Gasteiger partial charge in [-0.2, -0.15) is 4.68 Å². The van der Waals surface area contributed by atoms with Gasteiger partial charge < -0.3 is 5.11 Å². The third-order valence-corrected chi connectivity index (χ3v) is 4.20. The molecule has 1 fully saturated rings. The maximum atomic E-state index is 11.0.